The predicted octanol–water partition coefficient (Wildman–Crippen LogP) is 2.72. The average Bonchev–Trinajstić information content (AvgIpc) is 3.07. The molecule has 2 aromatic carbocycles. The molecule has 0 atom stereocenters. The van der Waals surface area contributed by atoms with Gasteiger partial charge in [-0.2, -0.15) is 0 Å². The van der Waals surface area contributed by atoms with E-state index >= 15 is 0 Å². The van der Waals surface area contributed by atoms with Crippen LogP contribution in [-0.2, 0) is 21.1 Å². The average molecular weight is 383 g/mol. The molecule has 0 aliphatic carbocycles. The topological polar surface area (TPSA) is 102 Å². The van der Waals surface area contributed by atoms with Crippen molar-refractivity contribution < 1.29 is 17.6 Å². The van der Waals surface area contributed by atoms with E-state index in [9.17, 15) is 13.2 Å². The molecule has 0 saturated carbocycles. The Balaban J connectivity index is 1.60. The number of anilines is 1. The molecule has 1 amide bonds. The minimum Gasteiger partial charge on any atom is -0.407 e. The third-order valence-corrected chi connectivity index (χ3v) is 4.76. The van der Waals surface area contributed by atoms with Gasteiger partial charge in [0, 0.05) is 12.3 Å². The summed E-state index contributed by atoms with van der Waals surface area (Å²) in [6.07, 6.45) is 4.53. The maximum Gasteiger partial charge on any atom is 0.322 e. The van der Waals surface area contributed by atoms with Gasteiger partial charge in [0.05, 0.1) is 11.3 Å². The van der Waals surface area contributed by atoms with Crippen molar-refractivity contribution in [3.05, 3.63) is 77.7 Å². The molecule has 0 spiro atoms. The van der Waals surface area contributed by atoms with Gasteiger partial charge in [-0.3, -0.25) is 10.1 Å². The smallest absolute Gasteiger partial charge is 0.322 e. The molecule has 7 nitrogen and oxygen atoms in total. The zero-order valence-electron chi connectivity index (χ0n) is 14.5. The van der Waals surface area contributed by atoms with Crippen molar-refractivity contribution >= 4 is 27.8 Å². The normalized spacial score (nSPS) is 11.6. The van der Waals surface area contributed by atoms with Gasteiger partial charge >= 0.3 is 6.01 Å². The molecule has 0 unspecified atom stereocenters. The number of benzene rings is 2. The zero-order valence-corrected chi connectivity index (χ0v) is 15.3. The van der Waals surface area contributed by atoms with Gasteiger partial charge in [-0.25, -0.2) is 8.42 Å². The monoisotopic (exact) mass is 383 g/mol. The van der Waals surface area contributed by atoms with E-state index in [0.717, 1.165) is 17.4 Å². The van der Waals surface area contributed by atoms with Crippen LogP contribution in [0.1, 0.15) is 17.0 Å². The quantitative estimate of drug-likeness (QED) is 0.657. The van der Waals surface area contributed by atoms with Crippen molar-refractivity contribution in [1.82, 2.24) is 10.2 Å². The van der Waals surface area contributed by atoms with Gasteiger partial charge in [-0.05, 0) is 29.3 Å². The van der Waals surface area contributed by atoms with Crippen LogP contribution < -0.4 is 5.32 Å². The number of hydrogen-bond acceptors (Lipinski definition) is 6. The molecule has 0 radical (unpaired) electrons. The first kappa shape index (κ1) is 18.5. The molecule has 27 heavy (non-hydrogen) atoms. The number of nitrogens with zero attached hydrogens (tertiary/aromatic N) is 2. The van der Waals surface area contributed by atoms with Gasteiger partial charge in [-0.1, -0.05) is 47.6 Å². The van der Waals surface area contributed by atoms with E-state index in [-0.39, 0.29) is 16.8 Å². The first-order chi connectivity index (χ1) is 12.9. The fourth-order valence-corrected chi connectivity index (χ4v) is 2.92. The Labute approximate surface area is 156 Å². The van der Waals surface area contributed by atoms with E-state index < -0.39 is 9.84 Å². The summed E-state index contributed by atoms with van der Waals surface area (Å²) in [5.41, 5.74) is 1.71. The summed E-state index contributed by atoms with van der Waals surface area (Å²) in [4.78, 5) is 12.1. The van der Waals surface area contributed by atoms with Crippen LogP contribution >= 0.6 is 0 Å². The number of carbonyl (C=O) groups excluding carboxylic acids is 1. The Bertz CT molecular complexity index is 1060. The van der Waals surface area contributed by atoms with Crippen molar-refractivity contribution in [3.8, 4) is 0 Å². The Morgan fingerprint density at radius 2 is 1.78 bits per heavy atom. The Hall–Kier alpha value is -3.26. The molecular weight excluding hydrogens is 366 g/mol. The van der Waals surface area contributed by atoms with Gasteiger partial charge in [0.1, 0.15) is 0 Å². The summed E-state index contributed by atoms with van der Waals surface area (Å²) in [5.74, 6) is -0.0731. The van der Waals surface area contributed by atoms with Crippen LogP contribution in [0.2, 0.25) is 0 Å². The van der Waals surface area contributed by atoms with Crippen molar-refractivity contribution in [1.29, 1.82) is 0 Å². The fourth-order valence-electron chi connectivity index (χ4n) is 2.29. The van der Waals surface area contributed by atoms with Gasteiger partial charge in [0.15, 0.2) is 9.84 Å². The molecule has 8 heteroatoms. The maximum absolute atomic E-state index is 11.9. The van der Waals surface area contributed by atoms with Crippen LogP contribution in [0.3, 0.4) is 0 Å². The van der Waals surface area contributed by atoms with Crippen molar-refractivity contribution in [2.24, 2.45) is 0 Å². The fraction of sp³-hybridized carbons (Fsp3) is 0.105. The largest absolute Gasteiger partial charge is 0.407 e. The van der Waals surface area contributed by atoms with E-state index in [0.29, 0.717) is 12.3 Å². The minimum atomic E-state index is -3.23. The zero-order chi connectivity index (χ0) is 19.3. The standard InChI is InChI=1S/C19H17N3O4S/c1-27(24,25)16-10-7-15(8-11-16)13-18-21-22-19(26-18)20-17(23)12-9-14-5-3-2-4-6-14/h2-12H,13H2,1H3,(H,20,22,23)/b12-9+. The second-order valence-electron chi connectivity index (χ2n) is 5.83. The van der Waals surface area contributed by atoms with E-state index in [1.165, 1.54) is 18.2 Å². The Morgan fingerprint density at radius 1 is 1.07 bits per heavy atom. The molecule has 1 N–H and O–H groups in total. The van der Waals surface area contributed by atoms with Crippen LogP contribution in [0.15, 0.2) is 70.0 Å². The maximum atomic E-state index is 11.9. The molecule has 3 aromatic rings. The summed E-state index contributed by atoms with van der Waals surface area (Å²) in [5, 5.41) is 10.2. The molecule has 0 aliphatic rings. The third-order valence-electron chi connectivity index (χ3n) is 3.63. The van der Waals surface area contributed by atoms with E-state index in [1.54, 1.807) is 18.2 Å². The van der Waals surface area contributed by atoms with Crippen molar-refractivity contribution in [2.75, 3.05) is 11.6 Å². The summed E-state index contributed by atoms with van der Waals surface area (Å²) in [7, 11) is -3.23. The van der Waals surface area contributed by atoms with E-state index in [1.807, 2.05) is 30.3 Å². The number of amides is 1. The number of carbonyl (C=O) groups is 1. The highest BCUT2D eigenvalue weighted by atomic mass is 32.2. The number of nitrogens with one attached hydrogen (secondary N) is 1. The molecule has 138 valence electrons. The lowest BCUT2D eigenvalue weighted by molar-refractivity contribution is -0.112. The summed E-state index contributed by atoms with van der Waals surface area (Å²) >= 11 is 0. The van der Waals surface area contributed by atoms with Crippen LogP contribution in [0, 0.1) is 0 Å². The number of aromatic nitrogens is 2. The third kappa shape index (κ3) is 5.35. The molecular formula is C19H17N3O4S. The molecule has 0 fully saturated rings. The molecule has 1 aromatic heterocycles. The van der Waals surface area contributed by atoms with Crippen LogP contribution in [0.4, 0.5) is 6.01 Å². The highest BCUT2D eigenvalue weighted by molar-refractivity contribution is 7.90. The lowest BCUT2D eigenvalue weighted by atomic mass is 10.1. The highest BCUT2D eigenvalue weighted by Gasteiger charge is 2.10. The first-order valence-electron chi connectivity index (χ1n) is 8.06. The number of rotatable bonds is 6. The summed E-state index contributed by atoms with van der Waals surface area (Å²) < 4.78 is 28.3. The van der Waals surface area contributed by atoms with Crippen LogP contribution in [-0.4, -0.2) is 30.8 Å². The molecule has 0 bridgehead atoms. The molecule has 1 heterocycles. The second-order valence-corrected chi connectivity index (χ2v) is 7.84. The van der Waals surface area contributed by atoms with E-state index in [4.69, 9.17) is 4.42 Å². The second kappa shape index (κ2) is 7.96. The predicted molar refractivity (Wildman–Crippen MR) is 101 cm³/mol. The molecule has 0 aliphatic heterocycles. The minimum absolute atomic E-state index is 0.000433. The molecule has 0 saturated heterocycles. The van der Waals surface area contributed by atoms with Crippen LogP contribution in [0.25, 0.3) is 6.08 Å². The Morgan fingerprint density at radius 3 is 2.44 bits per heavy atom. The van der Waals surface area contributed by atoms with Crippen molar-refractivity contribution in [2.45, 2.75) is 11.3 Å². The van der Waals surface area contributed by atoms with Gasteiger partial charge < -0.3 is 4.42 Å². The molecule has 3 rings (SSSR count). The number of hydrogen-bond donors (Lipinski definition) is 1. The lowest BCUT2D eigenvalue weighted by Crippen LogP contribution is -2.07. The lowest BCUT2D eigenvalue weighted by Gasteiger charge is -2.00. The van der Waals surface area contributed by atoms with Gasteiger partial charge in [-0.15, -0.1) is 5.10 Å². The highest BCUT2D eigenvalue weighted by Crippen LogP contribution is 2.15. The number of sulfone groups is 1. The van der Waals surface area contributed by atoms with Crippen LogP contribution in [0.5, 0.6) is 0 Å². The summed E-state index contributed by atoms with van der Waals surface area (Å²) in [6, 6.07) is 15.8. The van der Waals surface area contributed by atoms with E-state index in [2.05, 4.69) is 15.5 Å². The van der Waals surface area contributed by atoms with Gasteiger partial charge in [0.2, 0.25) is 5.89 Å². The first-order valence-corrected chi connectivity index (χ1v) is 9.95. The summed E-state index contributed by atoms with van der Waals surface area (Å²) in [6.45, 7) is 0. The Kier molecular flexibility index (Phi) is 5.46. The SMILES string of the molecule is CS(=O)(=O)c1ccc(Cc2nnc(NC(=O)/C=C/c3ccccc3)o2)cc1. The van der Waals surface area contributed by atoms with Crippen molar-refractivity contribution in [3.63, 3.8) is 0 Å². The van der Waals surface area contributed by atoms with Gasteiger partial charge in [0.25, 0.3) is 5.91 Å².